The van der Waals surface area contributed by atoms with Gasteiger partial charge >= 0.3 is 0 Å². The van der Waals surface area contributed by atoms with E-state index in [0.717, 1.165) is 16.6 Å². The van der Waals surface area contributed by atoms with E-state index < -0.39 is 0 Å². The molecule has 0 saturated carbocycles. The Kier molecular flexibility index (Phi) is 5.98. The van der Waals surface area contributed by atoms with Gasteiger partial charge in [0.15, 0.2) is 0 Å². The van der Waals surface area contributed by atoms with Crippen LogP contribution < -0.4 is 4.74 Å². The molecule has 112 valence electrons. The van der Waals surface area contributed by atoms with E-state index in [2.05, 4.69) is 40.2 Å². The summed E-state index contributed by atoms with van der Waals surface area (Å²) in [7, 11) is 1.66. The van der Waals surface area contributed by atoms with Crippen LogP contribution in [-0.4, -0.2) is 18.9 Å². The Labute approximate surface area is 144 Å². The molecule has 0 amide bonds. The first-order valence-electron chi connectivity index (χ1n) is 6.65. The van der Waals surface area contributed by atoms with Crippen LogP contribution >= 0.6 is 39.1 Å². The van der Waals surface area contributed by atoms with Gasteiger partial charge in [-0.15, -0.1) is 23.2 Å². The maximum Gasteiger partial charge on any atom is 0.133 e. The average molecular weight is 388 g/mol. The van der Waals surface area contributed by atoms with Gasteiger partial charge in [-0.3, -0.25) is 0 Å². The van der Waals surface area contributed by atoms with Gasteiger partial charge in [0, 0.05) is 17.2 Å². The SMILES string of the molecule is COc1ccc(CC(CCl)(CCl)c2ccccc2)cc1Br. The molecule has 0 atom stereocenters. The van der Waals surface area contributed by atoms with Crippen molar-refractivity contribution in [3.05, 3.63) is 64.1 Å². The van der Waals surface area contributed by atoms with Gasteiger partial charge in [0.25, 0.3) is 0 Å². The quantitative estimate of drug-likeness (QED) is 0.601. The van der Waals surface area contributed by atoms with Crippen LogP contribution in [0.15, 0.2) is 53.0 Å². The molecular formula is C17H17BrCl2O. The van der Waals surface area contributed by atoms with E-state index in [9.17, 15) is 0 Å². The van der Waals surface area contributed by atoms with E-state index in [1.165, 1.54) is 11.1 Å². The summed E-state index contributed by atoms with van der Waals surface area (Å²) in [6, 6.07) is 16.3. The molecule has 0 aliphatic rings. The fourth-order valence-electron chi connectivity index (χ4n) is 2.39. The molecular weight excluding hydrogens is 371 g/mol. The number of halogens is 3. The number of benzene rings is 2. The number of rotatable bonds is 6. The Bertz CT molecular complexity index is 583. The average Bonchev–Trinajstić information content (AvgIpc) is 2.54. The summed E-state index contributed by atoms with van der Waals surface area (Å²) in [6.07, 6.45) is 0.784. The van der Waals surface area contributed by atoms with Crippen molar-refractivity contribution in [2.24, 2.45) is 0 Å². The lowest BCUT2D eigenvalue weighted by molar-refractivity contribution is 0.411. The van der Waals surface area contributed by atoms with Crippen LogP contribution in [0.25, 0.3) is 0 Å². The maximum atomic E-state index is 6.29. The van der Waals surface area contributed by atoms with E-state index in [0.29, 0.717) is 11.8 Å². The second-order valence-electron chi connectivity index (χ2n) is 5.06. The molecule has 2 aromatic rings. The fourth-order valence-corrected chi connectivity index (χ4v) is 3.76. The van der Waals surface area contributed by atoms with Gasteiger partial charge in [-0.25, -0.2) is 0 Å². The van der Waals surface area contributed by atoms with Gasteiger partial charge in [0.1, 0.15) is 5.75 Å². The lowest BCUT2D eigenvalue weighted by atomic mass is 9.79. The molecule has 4 heteroatoms. The van der Waals surface area contributed by atoms with E-state index in [1.54, 1.807) is 7.11 Å². The first-order chi connectivity index (χ1) is 10.1. The highest BCUT2D eigenvalue weighted by Gasteiger charge is 2.31. The van der Waals surface area contributed by atoms with Gasteiger partial charge in [-0.05, 0) is 45.6 Å². The predicted molar refractivity (Wildman–Crippen MR) is 94.0 cm³/mol. The van der Waals surface area contributed by atoms with Gasteiger partial charge in [0.05, 0.1) is 11.6 Å². The lowest BCUT2D eigenvalue weighted by Gasteiger charge is -2.30. The summed E-state index contributed by atoms with van der Waals surface area (Å²) in [5.41, 5.74) is 2.08. The molecule has 0 bridgehead atoms. The highest BCUT2D eigenvalue weighted by atomic mass is 79.9. The van der Waals surface area contributed by atoms with Crippen molar-refractivity contribution in [3.63, 3.8) is 0 Å². The minimum Gasteiger partial charge on any atom is -0.496 e. The Morgan fingerprint density at radius 3 is 2.24 bits per heavy atom. The van der Waals surface area contributed by atoms with Gasteiger partial charge in [-0.1, -0.05) is 36.4 Å². The smallest absolute Gasteiger partial charge is 0.133 e. The van der Waals surface area contributed by atoms with Crippen LogP contribution in [-0.2, 0) is 11.8 Å². The number of alkyl halides is 2. The molecule has 0 unspecified atom stereocenters. The zero-order valence-electron chi connectivity index (χ0n) is 11.8. The predicted octanol–water partition coefficient (Wildman–Crippen LogP) is 5.42. The molecule has 0 aliphatic heterocycles. The molecule has 2 rings (SSSR count). The largest absolute Gasteiger partial charge is 0.496 e. The van der Waals surface area contributed by atoms with Gasteiger partial charge in [-0.2, -0.15) is 0 Å². The Hall–Kier alpha value is -0.700. The van der Waals surface area contributed by atoms with Gasteiger partial charge in [0.2, 0.25) is 0 Å². The zero-order chi connectivity index (χ0) is 15.3. The summed E-state index contributed by atoms with van der Waals surface area (Å²) >= 11 is 16.1. The van der Waals surface area contributed by atoms with E-state index >= 15 is 0 Å². The third-order valence-corrected chi connectivity index (χ3v) is 5.30. The Balaban J connectivity index is 2.34. The first kappa shape index (κ1) is 16.7. The zero-order valence-corrected chi connectivity index (χ0v) is 14.9. The lowest BCUT2D eigenvalue weighted by Crippen LogP contribution is -2.33. The number of hydrogen-bond donors (Lipinski definition) is 0. The normalized spacial score (nSPS) is 11.4. The minimum atomic E-state index is -0.265. The molecule has 0 radical (unpaired) electrons. The molecule has 0 N–H and O–H groups in total. The van der Waals surface area contributed by atoms with Crippen LogP contribution in [0.5, 0.6) is 5.75 Å². The second kappa shape index (κ2) is 7.53. The molecule has 0 aliphatic carbocycles. The summed E-state index contributed by atoms with van der Waals surface area (Å²) in [4.78, 5) is 0. The van der Waals surface area contributed by atoms with Crippen molar-refractivity contribution < 1.29 is 4.74 Å². The highest BCUT2D eigenvalue weighted by Crippen LogP contribution is 2.34. The molecule has 0 saturated heterocycles. The number of hydrogen-bond acceptors (Lipinski definition) is 1. The third kappa shape index (κ3) is 3.74. The van der Waals surface area contributed by atoms with E-state index in [1.807, 2.05) is 24.3 Å². The number of methoxy groups -OCH3 is 1. The van der Waals surface area contributed by atoms with Crippen LogP contribution in [0.4, 0.5) is 0 Å². The van der Waals surface area contributed by atoms with Crippen molar-refractivity contribution in [1.82, 2.24) is 0 Å². The molecule has 0 aromatic heterocycles. The molecule has 0 spiro atoms. The summed E-state index contributed by atoms with van der Waals surface area (Å²) in [5.74, 6) is 1.77. The fraction of sp³-hybridized carbons (Fsp3) is 0.294. The third-order valence-electron chi connectivity index (χ3n) is 3.66. The molecule has 0 fully saturated rings. The van der Waals surface area contributed by atoms with Crippen molar-refractivity contribution in [2.45, 2.75) is 11.8 Å². The van der Waals surface area contributed by atoms with Crippen LogP contribution in [0.1, 0.15) is 11.1 Å². The maximum absolute atomic E-state index is 6.29. The summed E-state index contributed by atoms with van der Waals surface area (Å²) in [6.45, 7) is 0. The topological polar surface area (TPSA) is 9.23 Å². The molecule has 0 heterocycles. The first-order valence-corrected chi connectivity index (χ1v) is 8.51. The molecule has 2 aromatic carbocycles. The minimum absolute atomic E-state index is 0.265. The monoisotopic (exact) mass is 386 g/mol. The standard InChI is InChI=1S/C17H17BrCl2O/c1-21-16-8-7-13(9-15(16)18)10-17(11-19,12-20)14-5-3-2-4-6-14/h2-9H,10-12H2,1H3. The Morgan fingerprint density at radius 2 is 1.71 bits per heavy atom. The van der Waals surface area contributed by atoms with E-state index in [-0.39, 0.29) is 5.41 Å². The van der Waals surface area contributed by atoms with Crippen molar-refractivity contribution in [3.8, 4) is 5.75 Å². The van der Waals surface area contributed by atoms with Crippen LogP contribution in [0, 0.1) is 0 Å². The molecule has 1 nitrogen and oxygen atoms in total. The second-order valence-corrected chi connectivity index (χ2v) is 6.45. The van der Waals surface area contributed by atoms with Gasteiger partial charge < -0.3 is 4.74 Å². The summed E-state index contributed by atoms with van der Waals surface area (Å²) in [5, 5.41) is 0. The number of ether oxygens (including phenoxy) is 1. The highest BCUT2D eigenvalue weighted by molar-refractivity contribution is 9.10. The van der Waals surface area contributed by atoms with Crippen molar-refractivity contribution in [2.75, 3.05) is 18.9 Å². The van der Waals surface area contributed by atoms with Crippen LogP contribution in [0.3, 0.4) is 0 Å². The van der Waals surface area contributed by atoms with E-state index in [4.69, 9.17) is 27.9 Å². The molecule has 21 heavy (non-hydrogen) atoms. The Morgan fingerprint density at radius 1 is 1.05 bits per heavy atom. The van der Waals surface area contributed by atoms with Crippen molar-refractivity contribution in [1.29, 1.82) is 0 Å². The van der Waals surface area contributed by atoms with Crippen molar-refractivity contribution >= 4 is 39.1 Å². The van der Waals surface area contributed by atoms with Crippen LogP contribution in [0.2, 0.25) is 0 Å². The summed E-state index contributed by atoms with van der Waals surface area (Å²) < 4.78 is 6.21.